The molecule has 2 aromatic heterocycles. The van der Waals surface area contributed by atoms with Crippen LogP contribution in [0.15, 0.2) is 52.1 Å². The van der Waals surface area contributed by atoms with Crippen molar-refractivity contribution in [3.8, 4) is 11.5 Å². The van der Waals surface area contributed by atoms with Crippen molar-refractivity contribution in [2.75, 3.05) is 14.2 Å². The second-order valence-corrected chi connectivity index (χ2v) is 10.2. The Morgan fingerprint density at radius 2 is 1.60 bits per heavy atom. The van der Waals surface area contributed by atoms with Crippen LogP contribution in [-0.4, -0.2) is 23.4 Å². The molecule has 35 heavy (non-hydrogen) atoms. The van der Waals surface area contributed by atoms with Gasteiger partial charge in [-0.15, -0.1) is 11.3 Å². The minimum absolute atomic E-state index is 0.162. The Morgan fingerprint density at radius 1 is 0.886 bits per heavy atom. The smallest absolute Gasteiger partial charge is 0.332 e. The Bertz CT molecular complexity index is 1490. The van der Waals surface area contributed by atoms with Crippen LogP contribution in [0.3, 0.4) is 0 Å². The first-order valence-corrected chi connectivity index (χ1v) is 12.9. The minimum atomic E-state index is -0.248. The number of rotatable bonds is 7. The maximum atomic E-state index is 13.7. The monoisotopic (exact) mass is 490 g/mol. The predicted octanol–water partition coefficient (Wildman–Crippen LogP) is 4.72. The SMILES string of the molecule is COc1ccc(CCn2c(=O)c3c4c(sc3n(Cc3ccc(C)cc3)c2=O)CCCC4)cc1OC. The third-order valence-electron chi connectivity index (χ3n) is 6.85. The van der Waals surface area contributed by atoms with Crippen LogP contribution >= 0.6 is 11.3 Å². The number of ether oxygens (including phenoxy) is 2. The van der Waals surface area contributed by atoms with Gasteiger partial charge in [-0.3, -0.25) is 13.9 Å². The van der Waals surface area contributed by atoms with E-state index in [0.717, 1.165) is 52.6 Å². The summed E-state index contributed by atoms with van der Waals surface area (Å²) < 4.78 is 14.0. The number of aryl methyl sites for hydroxylation is 4. The van der Waals surface area contributed by atoms with E-state index in [4.69, 9.17) is 9.47 Å². The minimum Gasteiger partial charge on any atom is -0.493 e. The van der Waals surface area contributed by atoms with Crippen LogP contribution in [0, 0.1) is 6.92 Å². The number of aromatic nitrogens is 2. The molecule has 1 aliphatic carbocycles. The zero-order chi connectivity index (χ0) is 24.5. The van der Waals surface area contributed by atoms with Gasteiger partial charge in [-0.05, 0) is 67.9 Å². The molecular formula is C28H30N2O4S. The predicted molar refractivity (Wildman–Crippen MR) is 141 cm³/mol. The normalized spacial score (nSPS) is 13.1. The topological polar surface area (TPSA) is 62.5 Å². The molecule has 0 atom stereocenters. The van der Waals surface area contributed by atoms with Crippen molar-refractivity contribution < 1.29 is 9.47 Å². The fourth-order valence-electron chi connectivity index (χ4n) is 4.91. The molecule has 0 saturated heterocycles. The quantitative estimate of drug-likeness (QED) is 0.376. The van der Waals surface area contributed by atoms with E-state index in [-0.39, 0.29) is 11.2 Å². The Morgan fingerprint density at radius 3 is 2.34 bits per heavy atom. The van der Waals surface area contributed by atoms with E-state index in [2.05, 4.69) is 31.2 Å². The molecule has 0 amide bonds. The molecule has 0 fully saturated rings. The molecule has 7 heteroatoms. The Hall–Kier alpha value is -3.32. The lowest BCUT2D eigenvalue weighted by Crippen LogP contribution is -2.40. The van der Waals surface area contributed by atoms with E-state index in [1.54, 1.807) is 30.1 Å². The molecule has 5 rings (SSSR count). The van der Waals surface area contributed by atoms with Crippen LogP contribution in [0.2, 0.25) is 0 Å². The molecule has 0 unspecified atom stereocenters. The number of benzene rings is 2. The Kier molecular flexibility index (Phi) is 6.52. The highest BCUT2D eigenvalue weighted by atomic mass is 32.1. The summed E-state index contributed by atoms with van der Waals surface area (Å²) >= 11 is 1.63. The van der Waals surface area contributed by atoms with Gasteiger partial charge >= 0.3 is 5.69 Å². The molecule has 0 aliphatic heterocycles. The number of nitrogens with zero attached hydrogens (tertiary/aromatic N) is 2. The van der Waals surface area contributed by atoms with Gasteiger partial charge in [-0.2, -0.15) is 0 Å². The third-order valence-corrected chi connectivity index (χ3v) is 8.17. The average Bonchev–Trinajstić information content (AvgIpc) is 3.27. The number of methoxy groups -OCH3 is 2. The first-order valence-electron chi connectivity index (χ1n) is 12.0. The Balaban J connectivity index is 1.60. The van der Waals surface area contributed by atoms with Gasteiger partial charge in [0.15, 0.2) is 11.5 Å². The summed E-state index contributed by atoms with van der Waals surface area (Å²) in [6, 6.07) is 13.9. The number of hydrogen-bond acceptors (Lipinski definition) is 5. The summed E-state index contributed by atoms with van der Waals surface area (Å²) in [7, 11) is 3.20. The van der Waals surface area contributed by atoms with Crippen molar-refractivity contribution in [2.45, 2.75) is 52.1 Å². The molecule has 0 saturated carbocycles. The summed E-state index contributed by atoms with van der Waals surface area (Å²) in [5, 5.41) is 0.740. The van der Waals surface area contributed by atoms with E-state index in [1.165, 1.54) is 15.0 Å². The van der Waals surface area contributed by atoms with Crippen molar-refractivity contribution in [3.63, 3.8) is 0 Å². The van der Waals surface area contributed by atoms with Crippen LogP contribution in [0.4, 0.5) is 0 Å². The van der Waals surface area contributed by atoms with Gasteiger partial charge < -0.3 is 9.47 Å². The molecule has 0 radical (unpaired) electrons. The standard InChI is InChI=1S/C28H30N2O4S/c1-18-8-10-20(11-9-18)17-30-27-25(21-6-4-5-7-24(21)35-27)26(31)29(28(30)32)15-14-19-12-13-22(33-2)23(16-19)34-3/h8-13,16H,4-7,14-15,17H2,1-3H3. The molecule has 0 bridgehead atoms. The fraction of sp³-hybridized carbons (Fsp3) is 0.357. The molecule has 4 aromatic rings. The van der Waals surface area contributed by atoms with E-state index >= 15 is 0 Å². The van der Waals surface area contributed by atoms with Gasteiger partial charge in [-0.1, -0.05) is 35.9 Å². The van der Waals surface area contributed by atoms with Crippen molar-refractivity contribution in [2.24, 2.45) is 0 Å². The highest BCUT2D eigenvalue weighted by Gasteiger charge is 2.23. The van der Waals surface area contributed by atoms with Gasteiger partial charge in [0.1, 0.15) is 4.83 Å². The lowest BCUT2D eigenvalue weighted by molar-refractivity contribution is 0.354. The van der Waals surface area contributed by atoms with Crippen molar-refractivity contribution in [3.05, 3.63) is 90.4 Å². The summed E-state index contributed by atoms with van der Waals surface area (Å²) in [4.78, 5) is 29.5. The van der Waals surface area contributed by atoms with E-state index in [1.807, 2.05) is 18.2 Å². The molecule has 2 aromatic carbocycles. The van der Waals surface area contributed by atoms with E-state index in [0.29, 0.717) is 31.0 Å². The molecule has 0 N–H and O–H groups in total. The number of thiophene rings is 1. The van der Waals surface area contributed by atoms with Crippen LogP contribution in [0.5, 0.6) is 11.5 Å². The molecule has 0 spiro atoms. The lowest BCUT2D eigenvalue weighted by atomic mass is 9.97. The van der Waals surface area contributed by atoms with Gasteiger partial charge in [0, 0.05) is 11.4 Å². The van der Waals surface area contributed by atoms with E-state index in [9.17, 15) is 9.59 Å². The molecule has 182 valence electrons. The zero-order valence-electron chi connectivity index (χ0n) is 20.4. The van der Waals surface area contributed by atoms with Crippen LogP contribution in [0.1, 0.15) is 40.0 Å². The van der Waals surface area contributed by atoms with Gasteiger partial charge in [-0.25, -0.2) is 4.79 Å². The molecular weight excluding hydrogens is 460 g/mol. The number of fused-ring (bicyclic) bond motifs is 3. The van der Waals surface area contributed by atoms with Crippen molar-refractivity contribution in [1.29, 1.82) is 0 Å². The fourth-order valence-corrected chi connectivity index (χ4v) is 6.28. The maximum absolute atomic E-state index is 13.7. The van der Waals surface area contributed by atoms with Crippen LogP contribution in [-0.2, 0) is 32.4 Å². The van der Waals surface area contributed by atoms with Crippen LogP contribution in [0.25, 0.3) is 10.2 Å². The Labute approximate surface area is 208 Å². The summed E-state index contributed by atoms with van der Waals surface area (Å²) in [6.07, 6.45) is 4.65. The summed E-state index contributed by atoms with van der Waals surface area (Å²) in [5.41, 5.74) is 3.95. The first kappa shape index (κ1) is 23.4. The third kappa shape index (κ3) is 4.41. The second-order valence-electron chi connectivity index (χ2n) is 9.14. The highest BCUT2D eigenvalue weighted by Crippen LogP contribution is 2.34. The van der Waals surface area contributed by atoms with Crippen molar-refractivity contribution in [1.82, 2.24) is 9.13 Å². The molecule has 6 nitrogen and oxygen atoms in total. The van der Waals surface area contributed by atoms with Gasteiger partial charge in [0.2, 0.25) is 0 Å². The number of hydrogen-bond donors (Lipinski definition) is 0. The largest absolute Gasteiger partial charge is 0.493 e. The van der Waals surface area contributed by atoms with E-state index < -0.39 is 0 Å². The average molecular weight is 491 g/mol. The maximum Gasteiger partial charge on any atom is 0.332 e. The van der Waals surface area contributed by atoms with Crippen molar-refractivity contribution >= 4 is 21.6 Å². The zero-order valence-corrected chi connectivity index (χ0v) is 21.2. The second kappa shape index (κ2) is 9.74. The van der Waals surface area contributed by atoms with Crippen LogP contribution < -0.4 is 20.7 Å². The first-order chi connectivity index (χ1) is 17.0. The van der Waals surface area contributed by atoms with Gasteiger partial charge in [0.05, 0.1) is 26.2 Å². The van der Waals surface area contributed by atoms with Gasteiger partial charge in [0.25, 0.3) is 5.56 Å². The highest BCUT2D eigenvalue weighted by molar-refractivity contribution is 7.18. The summed E-state index contributed by atoms with van der Waals surface area (Å²) in [6.45, 7) is 2.81. The summed E-state index contributed by atoms with van der Waals surface area (Å²) in [5.74, 6) is 1.29. The molecule has 2 heterocycles. The molecule has 1 aliphatic rings. The lowest BCUT2D eigenvalue weighted by Gasteiger charge is -2.14.